The highest BCUT2D eigenvalue weighted by molar-refractivity contribution is 7.99. The number of aliphatic carboxylic acids is 1. The second-order valence-electron chi connectivity index (χ2n) is 5.85. The summed E-state index contributed by atoms with van der Waals surface area (Å²) in [6, 6.07) is 8.61. The summed E-state index contributed by atoms with van der Waals surface area (Å²) in [7, 11) is 0. The minimum Gasteiger partial charge on any atom is -0.480 e. The Labute approximate surface area is 123 Å². The van der Waals surface area contributed by atoms with Crippen LogP contribution in [0.25, 0.3) is 0 Å². The van der Waals surface area contributed by atoms with Gasteiger partial charge >= 0.3 is 5.97 Å². The summed E-state index contributed by atoms with van der Waals surface area (Å²) in [5.74, 6) is 0.828. The first-order valence-electron chi connectivity index (χ1n) is 6.86. The zero-order valence-corrected chi connectivity index (χ0v) is 12.4. The normalized spacial score (nSPS) is 24.1. The molecule has 1 atom stereocenters. The molecule has 0 spiro atoms. The molecule has 0 radical (unpaired) electrons. The summed E-state index contributed by atoms with van der Waals surface area (Å²) < 4.78 is 5.44. The minimum absolute atomic E-state index is 0.202. The van der Waals surface area contributed by atoms with E-state index >= 15 is 0 Å². The Morgan fingerprint density at radius 1 is 1.50 bits per heavy atom. The lowest BCUT2D eigenvalue weighted by Gasteiger charge is -2.48. The highest BCUT2D eigenvalue weighted by Gasteiger charge is 2.41. The molecule has 0 aliphatic carbocycles. The number of hydrogen-bond donors (Lipinski definition) is 1. The van der Waals surface area contributed by atoms with Crippen LogP contribution in [0, 0.1) is 0 Å². The molecular weight excluding hydrogens is 274 g/mol. The van der Waals surface area contributed by atoms with Crippen molar-refractivity contribution in [1.29, 1.82) is 0 Å². The number of hydrogen-bond acceptors (Lipinski definition) is 4. The van der Waals surface area contributed by atoms with Crippen LogP contribution in [0.4, 0.5) is 0 Å². The van der Waals surface area contributed by atoms with Crippen molar-refractivity contribution in [3.05, 3.63) is 29.8 Å². The third kappa shape index (κ3) is 2.85. The maximum absolute atomic E-state index is 10.5. The molecule has 3 rings (SSSR count). The van der Waals surface area contributed by atoms with Crippen LogP contribution < -0.4 is 0 Å². The Morgan fingerprint density at radius 2 is 2.25 bits per heavy atom. The second kappa shape index (κ2) is 5.39. The largest absolute Gasteiger partial charge is 0.480 e. The van der Waals surface area contributed by atoms with E-state index in [2.05, 4.69) is 29.2 Å². The van der Waals surface area contributed by atoms with E-state index in [0.717, 1.165) is 25.4 Å². The van der Waals surface area contributed by atoms with Gasteiger partial charge in [0.1, 0.15) is 6.61 Å². The van der Waals surface area contributed by atoms with E-state index < -0.39 is 5.97 Å². The van der Waals surface area contributed by atoms with Crippen LogP contribution in [0.5, 0.6) is 0 Å². The van der Waals surface area contributed by atoms with Crippen LogP contribution in [0.15, 0.2) is 29.2 Å². The van der Waals surface area contributed by atoms with Gasteiger partial charge in [-0.1, -0.05) is 18.2 Å². The molecule has 1 fully saturated rings. The number of ether oxygens (including phenoxy) is 1. The SMILES string of the molecule is CC1(OCC(=O)O)CN(CC2CSc3ccccc32)C1. The van der Waals surface area contributed by atoms with E-state index in [1.165, 1.54) is 10.5 Å². The first kappa shape index (κ1) is 13.9. The van der Waals surface area contributed by atoms with Crippen LogP contribution in [-0.2, 0) is 9.53 Å². The maximum atomic E-state index is 10.5. The van der Waals surface area contributed by atoms with Crippen LogP contribution in [-0.4, -0.2) is 53.6 Å². The monoisotopic (exact) mass is 293 g/mol. The molecule has 1 aromatic rings. The fourth-order valence-electron chi connectivity index (χ4n) is 3.05. The number of nitrogens with zero attached hydrogens (tertiary/aromatic N) is 1. The number of benzene rings is 1. The summed E-state index contributed by atoms with van der Waals surface area (Å²) in [6.07, 6.45) is 0. The first-order valence-corrected chi connectivity index (χ1v) is 7.84. The quantitative estimate of drug-likeness (QED) is 0.900. The number of likely N-dealkylation sites (tertiary alicyclic amines) is 1. The van der Waals surface area contributed by atoms with Gasteiger partial charge < -0.3 is 9.84 Å². The lowest BCUT2D eigenvalue weighted by Crippen LogP contribution is -2.62. The third-order valence-corrected chi connectivity index (χ3v) is 5.19. The van der Waals surface area contributed by atoms with Crippen molar-refractivity contribution >= 4 is 17.7 Å². The van der Waals surface area contributed by atoms with Crippen molar-refractivity contribution in [1.82, 2.24) is 4.90 Å². The summed E-state index contributed by atoms with van der Waals surface area (Å²) >= 11 is 1.93. The maximum Gasteiger partial charge on any atom is 0.329 e. The Balaban J connectivity index is 1.51. The van der Waals surface area contributed by atoms with Crippen molar-refractivity contribution in [2.45, 2.75) is 23.3 Å². The lowest BCUT2D eigenvalue weighted by molar-refractivity contribution is -0.165. The van der Waals surface area contributed by atoms with Gasteiger partial charge in [0.05, 0.1) is 5.60 Å². The number of carbonyl (C=O) groups is 1. The van der Waals surface area contributed by atoms with Gasteiger partial charge in [0.15, 0.2) is 0 Å². The van der Waals surface area contributed by atoms with Crippen molar-refractivity contribution in [3.8, 4) is 0 Å². The van der Waals surface area contributed by atoms with E-state index in [4.69, 9.17) is 9.84 Å². The van der Waals surface area contributed by atoms with E-state index in [0.29, 0.717) is 5.92 Å². The van der Waals surface area contributed by atoms with Gasteiger partial charge in [-0.3, -0.25) is 4.90 Å². The number of rotatable bonds is 5. The van der Waals surface area contributed by atoms with Crippen LogP contribution >= 0.6 is 11.8 Å². The molecule has 5 heteroatoms. The highest BCUT2D eigenvalue weighted by Crippen LogP contribution is 2.40. The van der Waals surface area contributed by atoms with Crippen molar-refractivity contribution < 1.29 is 14.6 Å². The molecule has 2 aliphatic heterocycles. The van der Waals surface area contributed by atoms with E-state index in [1.807, 2.05) is 18.7 Å². The number of carboxylic acids is 1. The molecule has 2 aliphatic rings. The Kier molecular flexibility index (Phi) is 3.75. The molecule has 0 aromatic heterocycles. The van der Waals surface area contributed by atoms with Crippen LogP contribution in [0.3, 0.4) is 0 Å². The predicted molar refractivity (Wildman–Crippen MR) is 78.3 cm³/mol. The van der Waals surface area contributed by atoms with E-state index in [9.17, 15) is 4.79 Å². The van der Waals surface area contributed by atoms with Gasteiger partial charge in [-0.05, 0) is 18.6 Å². The number of carboxylic acid groups (broad SMARTS) is 1. The average molecular weight is 293 g/mol. The Hall–Kier alpha value is -1.04. The average Bonchev–Trinajstić information content (AvgIpc) is 2.78. The molecule has 1 saturated heterocycles. The van der Waals surface area contributed by atoms with E-state index in [1.54, 1.807) is 0 Å². The van der Waals surface area contributed by atoms with Gasteiger partial charge in [0, 0.05) is 36.2 Å². The molecule has 4 nitrogen and oxygen atoms in total. The molecule has 0 saturated carbocycles. The second-order valence-corrected chi connectivity index (χ2v) is 6.91. The number of fused-ring (bicyclic) bond motifs is 1. The van der Waals surface area contributed by atoms with Crippen molar-refractivity contribution in [2.75, 3.05) is 32.0 Å². The summed E-state index contributed by atoms with van der Waals surface area (Å²) in [5, 5.41) is 8.66. The highest BCUT2D eigenvalue weighted by atomic mass is 32.2. The Bertz CT molecular complexity index is 514. The molecule has 1 aromatic carbocycles. The summed E-state index contributed by atoms with van der Waals surface area (Å²) in [6.45, 7) is 4.47. The molecule has 1 unspecified atom stereocenters. The number of thioether (sulfide) groups is 1. The van der Waals surface area contributed by atoms with Crippen molar-refractivity contribution in [3.63, 3.8) is 0 Å². The van der Waals surface area contributed by atoms with Crippen LogP contribution in [0.1, 0.15) is 18.4 Å². The summed E-state index contributed by atoms with van der Waals surface area (Å²) in [4.78, 5) is 14.3. The summed E-state index contributed by atoms with van der Waals surface area (Å²) in [5.41, 5.74) is 1.17. The standard InChI is InChI=1S/C15H19NO3S/c1-15(19-7-14(17)18)9-16(10-15)6-11-8-20-13-5-3-2-4-12(11)13/h2-5,11H,6-10H2,1H3,(H,17,18). The molecular formula is C15H19NO3S. The van der Waals surface area contributed by atoms with Crippen molar-refractivity contribution in [2.24, 2.45) is 0 Å². The van der Waals surface area contributed by atoms with Gasteiger partial charge in [0.2, 0.25) is 0 Å². The van der Waals surface area contributed by atoms with Gasteiger partial charge in [-0.15, -0.1) is 11.8 Å². The van der Waals surface area contributed by atoms with Gasteiger partial charge in [-0.25, -0.2) is 4.79 Å². The Morgan fingerprint density at radius 3 is 3.00 bits per heavy atom. The third-order valence-electron chi connectivity index (χ3n) is 3.94. The zero-order valence-electron chi connectivity index (χ0n) is 11.5. The lowest BCUT2D eigenvalue weighted by atomic mass is 9.93. The molecule has 20 heavy (non-hydrogen) atoms. The molecule has 108 valence electrons. The molecule has 0 amide bonds. The van der Waals surface area contributed by atoms with Crippen LogP contribution in [0.2, 0.25) is 0 Å². The zero-order chi connectivity index (χ0) is 14.2. The molecule has 0 bridgehead atoms. The minimum atomic E-state index is -0.897. The fourth-order valence-corrected chi connectivity index (χ4v) is 4.29. The molecule has 1 N–H and O–H groups in total. The smallest absolute Gasteiger partial charge is 0.329 e. The topological polar surface area (TPSA) is 49.8 Å². The van der Waals surface area contributed by atoms with Gasteiger partial charge in [-0.2, -0.15) is 0 Å². The van der Waals surface area contributed by atoms with E-state index in [-0.39, 0.29) is 12.2 Å². The van der Waals surface area contributed by atoms with Gasteiger partial charge in [0.25, 0.3) is 0 Å². The fraction of sp³-hybridized carbons (Fsp3) is 0.533. The first-order chi connectivity index (χ1) is 9.56. The predicted octanol–water partition coefficient (Wildman–Crippen LogP) is 2.05. The molecule has 2 heterocycles.